The number of hydrogen-bond donors (Lipinski definition) is 1. The second kappa shape index (κ2) is 9.50. The van der Waals surface area contributed by atoms with E-state index in [2.05, 4.69) is 32.8 Å². The van der Waals surface area contributed by atoms with Crippen LogP contribution >= 0.6 is 0 Å². The first-order chi connectivity index (χ1) is 6.18. The molecule has 0 bridgehead atoms. The van der Waals surface area contributed by atoms with Gasteiger partial charge in [-0.1, -0.05) is 6.08 Å². The summed E-state index contributed by atoms with van der Waals surface area (Å²) in [4.78, 5) is 0. The van der Waals surface area contributed by atoms with E-state index in [0.717, 1.165) is 13.1 Å². The molecule has 0 atom stereocenters. The van der Waals surface area contributed by atoms with Gasteiger partial charge in [-0.05, 0) is 13.8 Å². The largest absolute Gasteiger partial charge is 1.00 e. The molecule has 0 amide bonds. The normalized spacial score (nSPS) is 10.8. The van der Waals surface area contributed by atoms with Gasteiger partial charge in [0.15, 0.2) is 0 Å². The lowest BCUT2D eigenvalue weighted by molar-refractivity contribution is -0.906. The fourth-order valence-corrected chi connectivity index (χ4v) is 1.33. The molecule has 0 aromatic rings. The quantitative estimate of drug-likeness (QED) is 0.303. The number of rotatable bonds is 8. The molecule has 0 spiro atoms. The molecule has 0 radical (unpaired) electrons. The van der Waals surface area contributed by atoms with E-state index in [0.29, 0.717) is 0 Å². The van der Waals surface area contributed by atoms with Gasteiger partial charge in [0.1, 0.15) is 0 Å². The Balaban J connectivity index is 0. The van der Waals surface area contributed by atoms with Gasteiger partial charge in [-0.25, -0.2) is 0 Å². The van der Waals surface area contributed by atoms with Crippen LogP contribution in [0.3, 0.4) is 0 Å². The van der Waals surface area contributed by atoms with Crippen molar-refractivity contribution in [1.29, 1.82) is 0 Å². The molecule has 0 aliphatic carbocycles. The third-order valence-electron chi connectivity index (χ3n) is 2.87. The van der Waals surface area contributed by atoms with Gasteiger partial charge in [-0.2, -0.15) is 0 Å². The summed E-state index contributed by atoms with van der Waals surface area (Å²) in [6.45, 7) is 14.0. The summed E-state index contributed by atoms with van der Waals surface area (Å²) in [6.07, 6.45) is 3.17. The van der Waals surface area contributed by atoms with Crippen molar-refractivity contribution in [2.45, 2.75) is 20.3 Å². The lowest BCUT2D eigenvalue weighted by atomic mass is 10.3. The summed E-state index contributed by atoms with van der Waals surface area (Å²) in [5.41, 5.74) is 0. The Morgan fingerprint density at radius 1 is 1.29 bits per heavy atom. The minimum Gasteiger partial charge on any atom is -1.00 e. The van der Waals surface area contributed by atoms with Crippen LogP contribution in [0.5, 0.6) is 0 Å². The van der Waals surface area contributed by atoms with Crippen molar-refractivity contribution in [2.75, 3.05) is 39.8 Å². The minimum absolute atomic E-state index is 0. The molecule has 3 heteroatoms. The highest BCUT2D eigenvalue weighted by Crippen LogP contribution is 2.01. The fourth-order valence-electron chi connectivity index (χ4n) is 1.33. The van der Waals surface area contributed by atoms with E-state index in [1.807, 2.05) is 6.08 Å². The van der Waals surface area contributed by atoms with Crippen LogP contribution in [0.1, 0.15) is 20.3 Å². The highest BCUT2D eigenvalue weighted by molar-refractivity contribution is 4.69. The molecule has 86 valence electrons. The van der Waals surface area contributed by atoms with E-state index < -0.39 is 0 Å². The van der Waals surface area contributed by atoms with Crippen LogP contribution in [0.15, 0.2) is 12.7 Å². The third kappa shape index (κ3) is 7.36. The van der Waals surface area contributed by atoms with Gasteiger partial charge < -0.3 is 22.2 Å². The molecule has 0 fully saturated rings. The zero-order valence-corrected chi connectivity index (χ0v) is 10.6. The average molecular weight is 221 g/mol. The van der Waals surface area contributed by atoms with Crippen molar-refractivity contribution in [3.8, 4) is 0 Å². The second-order valence-corrected chi connectivity index (χ2v) is 3.82. The highest BCUT2D eigenvalue weighted by Gasteiger charge is 2.14. The number of hydrogen-bond acceptors (Lipinski definition) is 1. The molecule has 0 heterocycles. The molecule has 0 unspecified atom stereocenters. The van der Waals surface area contributed by atoms with Crippen molar-refractivity contribution in [2.24, 2.45) is 0 Å². The first-order valence-electron chi connectivity index (χ1n) is 5.33. The maximum absolute atomic E-state index is 3.67. The first-order valence-corrected chi connectivity index (χ1v) is 5.33. The molecule has 0 saturated heterocycles. The van der Waals surface area contributed by atoms with Crippen molar-refractivity contribution < 1.29 is 16.9 Å². The number of nitrogens with zero attached hydrogens (tertiary/aromatic N) is 1. The zero-order valence-electron chi connectivity index (χ0n) is 9.85. The van der Waals surface area contributed by atoms with E-state index >= 15 is 0 Å². The van der Waals surface area contributed by atoms with Crippen molar-refractivity contribution in [3.63, 3.8) is 0 Å². The van der Waals surface area contributed by atoms with E-state index in [1.54, 1.807) is 0 Å². The highest BCUT2D eigenvalue weighted by atomic mass is 35.5. The monoisotopic (exact) mass is 220 g/mol. The van der Waals surface area contributed by atoms with Crippen molar-refractivity contribution in [1.82, 2.24) is 5.32 Å². The van der Waals surface area contributed by atoms with E-state index in [1.165, 1.54) is 30.5 Å². The summed E-state index contributed by atoms with van der Waals surface area (Å²) in [5.74, 6) is 0. The van der Waals surface area contributed by atoms with Crippen LogP contribution in [-0.2, 0) is 0 Å². The Bertz CT molecular complexity index is 133. The fraction of sp³-hybridized carbons (Fsp3) is 0.818. The molecule has 0 aromatic carbocycles. The SMILES string of the molecule is C=CCNCCC[N+](C)(CC)CC.[Cl-]. The smallest absolute Gasteiger partial charge is 0.0796 e. The van der Waals surface area contributed by atoms with Gasteiger partial charge in [-0.15, -0.1) is 6.58 Å². The van der Waals surface area contributed by atoms with Crippen molar-refractivity contribution >= 4 is 0 Å². The summed E-state index contributed by atoms with van der Waals surface area (Å²) in [7, 11) is 2.33. The molecule has 0 aliphatic rings. The zero-order chi connectivity index (χ0) is 10.2. The molecule has 0 rings (SSSR count). The number of halogens is 1. The Labute approximate surface area is 95.4 Å². The van der Waals surface area contributed by atoms with Crippen LogP contribution in [0.4, 0.5) is 0 Å². The van der Waals surface area contributed by atoms with Gasteiger partial charge >= 0.3 is 0 Å². The molecule has 0 saturated carbocycles. The van der Waals surface area contributed by atoms with Crippen LogP contribution < -0.4 is 17.7 Å². The maximum Gasteiger partial charge on any atom is 0.0796 e. The Hall–Kier alpha value is -0.0500. The van der Waals surface area contributed by atoms with E-state index in [9.17, 15) is 0 Å². The van der Waals surface area contributed by atoms with Gasteiger partial charge in [0.05, 0.1) is 26.7 Å². The van der Waals surface area contributed by atoms with Gasteiger partial charge in [-0.3, -0.25) is 0 Å². The molecule has 1 N–H and O–H groups in total. The Morgan fingerprint density at radius 2 is 1.86 bits per heavy atom. The van der Waals surface area contributed by atoms with Crippen LogP contribution in [0, 0.1) is 0 Å². The third-order valence-corrected chi connectivity index (χ3v) is 2.87. The van der Waals surface area contributed by atoms with Gasteiger partial charge in [0.25, 0.3) is 0 Å². The predicted octanol–water partition coefficient (Wildman–Crippen LogP) is -1.36. The first kappa shape index (κ1) is 16.4. The molecule has 14 heavy (non-hydrogen) atoms. The van der Waals surface area contributed by atoms with Crippen molar-refractivity contribution in [3.05, 3.63) is 12.7 Å². The molecular weight excluding hydrogens is 196 g/mol. The van der Waals surface area contributed by atoms with Gasteiger partial charge in [0, 0.05) is 19.5 Å². The Kier molecular flexibility index (Phi) is 11.1. The summed E-state index contributed by atoms with van der Waals surface area (Å²) in [6, 6.07) is 0. The molecular formula is C11H25ClN2. The molecule has 0 aliphatic heterocycles. The molecule has 2 nitrogen and oxygen atoms in total. The number of quaternary nitrogens is 1. The topological polar surface area (TPSA) is 12.0 Å². The standard InChI is InChI=1S/C11H25N2.ClH/c1-5-9-12-10-8-11-13(4,6-2)7-3;/h5,12H,1,6-11H2,2-4H3;1H/q+1;/p-1. The Morgan fingerprint density at radius 3 is 2.29 bits per heavy atom. The lowest BCUT2D eigenvalue weighted by Gasteiger charge is -2.32. The average Bonchev–Trinajstić information content (AvgIpc) is 2.17. The van der Waals surface area contributed by atoms with E-state index in [4.69, 9.17) is 0 Å². The summed E-state index contributed by atoms with van der Waals surface area (Å²) < 4.78 is 1.19. The second-order valence-electron chi connectivity index (χ2n) is 3.82. The maximum atomic E-state index is 3.67. The summed E-state index contributed by atoms with van der Waals surface area (Å²) >= 11 is 0. The van der Waals surface area contributed by atoms with Crippen LogP contribution in [-0.4, -0.2) is 44.3 Å². The van der Waals surface area contributed by atoms with E-state index in [-0.39, 0.29) is 12.4 Å². The number of nitrogens with one attached hydrogen (secondary N) is 1. The lowest BCUT2D eigenvalue weighted by Crippen LogP contribution is -3.00. The molecule has 0 aromatic heterocycles. The van der Waals surface area contributed by atoms with Crippen LogP contribution in [0.25, 0.3) is 0 Å². The minimum atomic E-state index is 0. The van der Waals surface area contributed by atoms with Crippen LogP contribution in [0.2, 0.25) is 0 Å². The summed E-state index contributed by atoms with van der Waals surface area (Å²) in [5, 5.41) is 3.33. The predicted molar refractivity (Wildman–Crippen MR) is 59.8 cm³/mol. The van der Waals surface area contributed by atoms with Gasteiger partial charge in [0.2, 0.25) is 0 Å².